The second-order valence-corrected chi connectivity index (χ2v) is 21.8. The Morgan fingerprint density at radius 1 is 0.959 bits per heavy atom. The van der Waals surface area contributed by atoms with Gasteiger partial charge in [-0.1, -0.05) is 135 Å². The summed E-state index contributed by atoms with van der Waals surface area (Å²) in [5, 5.41) is 12.0. The van der Waals surface area contributed by atoms with E-state index in [4.69, 9.17) is 18.1 Å². The molecular formula is C39H62O8SSi. The summed E-state index contributed by atoms with van der Waals surface area (Å²) < 4.78 is 50.4. The molecule has 49 heavy (non-hydrogen) atoms. The van der Waals surface area contributed by atoms with Crippen molar-refractivity contribution in [3.05, 3.63) is 84.0 Å². The molecule has 276 valence electrons. The van der Waals surface area contributed by atoms with Crippen LogP contribution in [0.3, 0.4) is 0 Å². The molecule has 10 heteroatoms. The van der Waals surface area contributed by atoms with Crippen molar-refractivity contribution in [1.29, 1.82) is 0 Å². The molecule has 0 aliphatic carbocycles. The van der Waals surface area contributed by atoms with Crippen LogP contribution in [-0.2, 0) is 28.2 Å². The van der Waals surface area contributed by atoms with E-state index in [1.807, 2.05) is 6.08 Å². The molecule has 1 aromatic carbocycles. The number of hydrogen-bond acceptors (Lipinski definition) is 8. The van der Waals surface area contributed by atoms with Crippen molar-refractivity contribution >= 4 is 24.4 Å². The van der Waals surface area contributed by atoms with E-state index in [1.54, 1.807) is 42.5 Å². The molecule has 8 nitrogen and oxygen atoms in total. The van der Waals surface area contributed by atoms with Crippen molar-refractivity contribution in [2.75, 3.05) is 6.26 Å². The van der Waals surface area contributed by atoms with Gasteiger partial charge >= 0.3 is 5.97 Å². The summed E-state index contributed by atoms with van der Waals surface area (Å²) in [6, 6.07) is 8.38. The third-order valence-corrected chi connectivity index (χ3v) is 16.1. The zero-order valence-corrected chi connectivity index (χ0v) is 33.6. The van der Waals surface area contributed by atoms with Crippen LogP contribution in [0.2, 0.25) is 16.6 Å². The monoisotopic (exact) mass is 718 g/mol. The number of rotatable bonds is 17. The van der Waals surface area contributed by atoms with Crippen LogP contribution >= 0.6 is 0 Å². The lowest BCUT2D eigenvalue weighted by atomic mass is 9.85. The Hall–Kier alpha value is -2.34. The summed E-state index contributed by atoms with van der Waals surface area (Å²) in [4.78, 5) is 13.4. The van der Waals surface area contributed by atoms with Crippen molar-refractivity contribution in [2.24, 2.45) is 11.8 Å². The molecule has 0 bridgehead atoms. The van der Waals surface area contributed by atoms with Crippen molar-refractivity contribution in [2.45, 2.75) is 136 Å². The first-order valence-corrected chi connectivity index (χ1v) is 21.6. The summed E-state index contributed by atoms with van der Waals surface area (Å²) in [7, 11) is -6.82. The van der Waals surface area contributed by atoms with E-state index in [2.05, 4.69) is 93.5 Å². The second kappa shape index (κ2) is 18.8. The highest BCUT2D eigenvalue weighted by molar-refractivity contribution is 7.86. The number of carbonyl (C=O) groups excluding carboxylic acids is 1. The Bertz CT molecular complexity index is 1390. The Kier molecular flexibility index (Phi) is 16.4. The minimum Gasteiger partial charge on any atom is -0.450 e. The van der Waals surface area contributed by atoms with E-state index in [0.29, 0.717) is 5.92 Å². The predicted octanol–water partition coefficient (Wildman–Crippen LogP) is 8.91. The van der Waals surface area contributed by atoms with Crippen molar-refractivity contribution in [1.82, 2.24) is 0 Å². The molecule has 7 atom stereocenters. The van der Waals surface area contributed by atoms with Gasteiger partial charge in [-0.25, -0.2) is 4.79 Å². The standard InChI is InChI=1S/C39H62O8SSi/c1-13-30(8)21-19-22-32(10)26-31(9)20-17-18-25-34-39(11,41)36(46-48(12,42)43)35(45-37(40)33-23-15-14-16-24-33)38(44-34)47-49(27(2)3,28(4)5)29(6)7/h14-25,27-31,34-36,38,41H,13,26H2,1-12H3/b20-17+,21-19+,25-18+,32-22+/t30-,31-,34+,35+,36+,38-,39+/m0/s1. The van der Waals surface area contributed by atoms with Gasteiger partial charge in [-0.2, -0.15) is 8.42 Å². The van der Waals surface area contributed by atoms with Gasteiger partial charge < -0.3 is 19.0 Å². The zero-order chi connectivity index (χ0) is 37.2. The fourth-order valence-corrected chi connectivity index (χ4v) is 12.9. The maximum Gasteiger partial charge on any atom is 0.338 e. The molecule has 1 fully saturated rings. The van der Waals surface area contributed by atoms with Crippen LogP contribution in [0.15, 0.2) is 78.4 Å². The van der Waals surface area contributed by atoms with Gasteiger partial charge in [-0.3, -0.25) is 4.18 Å². The maximum absolute atomic E-state index is 13.4. The normalized spacial score (nSPS) is 25.7. The fourth-order valence-electron chi connectivity index (χ4n) is 6.77. The third-order valence-electron chi connectivity index (χ3n) is 9.50. The van der Waals surface area contributed by atoms with E-state index in [0.717, 1.165) is 19.1 Å². The molecule has 0 radical (unpaired) electrons. The van der Waals surface area contributed by atoms with E-state index in [1.165, 1.54) is 12.5 Å². The number of allylic oxidation sites excluding steroid dienone is 7. The van der Waals surface area contributed by atoms with Gasteiger partial charge in [0.15, 0.2) is 18.5 Å². The first-order chi connectivity index (χ1) is 22.8. The Labute approximate surface area is 297 Å². The number of aliphatic hydroxyl groups is 1. The lowest BCUT2D eigenvalue weighted by Crippen LogP contribution is -2.68. The van der Waals surface area contributed by atoms with Crippen LogP contribution in [0.4, 0.5) is 0 Å². The van der Waals surface area contributed by atoms with Gasteiger partial charge in [0.05, 0.1) is 11.8 Å². The largest absolute Gasteiger partial charge is 0.450 e. The first-order valence-electron chi connectivity index (χ1n) is 17.6. The number of hydrogen-bond donors (Lipinski definition) is 1. The summed E-state index contributed by atoms with van der Waals surface area (Å²) in [6.45, 7) is 22.7. The van der Waals surface area contributed by atoms with Crippen LogP contribution in [0.1, 0.15) is 99.4 Å². The highest BCUT2D eigenvalue weighted by Gasteiger charge is 2.59. The molecule has 0 spiro atoms. The molecule has 1 N–H and O–H groups in total. The first kappa shape index (κ1) is 42.8. The summed E-state index contributed by atoms with van der Waals surface area (Å²) in [5.74, 6) is 0.0843. The highest BCUT2D eigenvalue weighted by atomic mass is 32.2. The Balaban J connectivity index is 2.53. The zero-order valence-electron chi connectivity index (χ0n) is 31.8. The quantitative estimate of drug-likeness (QED) is 0.0737. The molecule has 2 rings (SSSR count). The molecule has 1 aromatic rings. The van der Waals surface area contributed by atoms with Gasteiger partial charge in [0.25, 0.3) is 10.1 Å². The number of benzene rings is 1. The molecule has 0 amide bonds. The Morgan fingerprint density at radius 3 is 2.06 bits per heavy atom. The van der Waals surface area contributed by atoms with Gasteiger partial charge in [-0.15, -0.1) is 0 Å². The number of carbonyl (C=O) groups is 1. The minimum absolute atomic E-state index is 0.139. The summed E-state index contributed by atoms with van der Waals surface area (Å²) in [6.07, 6.45) is 11.6. The van der Waals surface area contributed by atoms with Gasteiger partial charge in [0, 0.05) is 0 Å². The molecule has 0 aromatic heterocycles. The van der Waals surface area contributed by atoms with Crippen LogP contribution in [0.25, 0.3) is 0 Å². The molecule has 1 saturated heterocycles. The second-order valence-electron chi connectivity index (χ2n) is 14.8. The van der Waals surface area contributed by atoms with E-state index in [-0.39, 0.29) is 28.1 Å². The van der Waals surface area contributed by atoms with E-state index < -0.39 is 54.6 Å². The fraction of sp³-hybridized carbons (Fsp3) is 0.615. The van der Waals surface area contributed by atoms with Crippen LogP contribution in [0.5, 0.6) is 0 Å². The number of ether oxygens (including phenoxy) is 2. The van der Waals surface area contributed by atoms with Crippen molar-refractivity contribution in [3.8, 4) is 0 Å². The smallest absolute Gasteiger partial charge is 0.338 e. The Morgan fingerprint density at radius 2 is 1.53 bits per heavy atom. The van der Waals surface area contributed by atoms with Crippen LogP contribution in [-0.4, -0.2) is 64.3 Å². The number of esters is 1. The van der Waals surface area contributed by atoms with Crippen molar-refractivity contribution < 1.29 is 36.4 Å². The molecular weight excluding hydrogens is 657 g/mol. The van der Waals surface area contributed by atoms with E-state index >= 15 is 0 Å². The topological polar surface area (TPSA) is 108 Å². The molecule has 0 saturated carbocycles. The summed E-state index contributed by atoms with van der Waals surface area (Å²) in [5.41, 5.74) is 0.0138. The van der Waals surface area contributed by atoms with E-state index in [9.17, 15) is 18.3 Å². The van der Waals surface area contributed by atoms with Gasteiger partial charge in [0.1, 0.15) is 11.7 Å². The summed E-state index contributed by atoms with van der Waals surface area (Å²) >= 11 is 0. The molecule has 1 heterocycles. The minimum atomic E-state index is -4.13. The lowest BCUT2D eigenvalue weighted by molar-refractivity contribution is -0.289. The van der Waals surface area contributed by atoms with Crippen LogP contribution < -0.4 is 0 Å². The average Bonchev–Trinajstić information content (AvgIpc) is 3.00. The highest BCUT2D eigenvalue weighted by Crippen LogP contribution is 2.46. The third kappa shape index (κ3) is 12.1. The molecule has 1 aliphatic rings. The van der Waals surface area contributed by atoms with Gasteiger partial charge in [0.2, 0.25) is 8.32 Å². The van der Waals surface area contributed by atoms with Gasteiger partial charge in [-0.05, 0) is 60.9 Å². The molecule has 1 aliphatic heterocycles. The average molecular weight is 719 g/mol. The van der Waals surface area contributed by atoms with Crippen LogP contribution in [0, 0.1) is 11.8 Å². The maximum atomic E-state index is 13.4. The SMILES string of the molecule is CC[C@H](C)/C=C/C=C(\C)C[C@@H](C)/C=C/C=C/[C@H]1O[C@@H](O[Si](C(C)C)(C(C)C)C(C)C)[C@H](OC(=O)c2ccccc2)[C@@H](OS(C)(=O)=O)[C@]1(C)O. The predicted molar refractivity (Wildman–Crippen MR) is 201 cm³/mol. The lowest BCUT2D eigenvalue weighted by Gasteiger charge is -2.52. The molecule has 0 unspecified atom stereocenters. The van der Waals surface area contributed by atoms with Crippen molar-refractivity contribution in [3.63, 3.8) is 0 Å².